The largest absolute Gasteiger partial charge is 0.494 e. The number of hydrogen-bond acceptors (Lipinski definition) is 7. The number of carbonyl (C=O) groups is 3. The summed E-state index contributed by atoms with van der Waals surface area (Å²) in [5.41, 5.74) is 0.693. The Morgan fingerprint density at radius 2 is 1.97 bits per heavy atom. The van der Waals surface area contributed by atoms with E-state index in [9.17, 15) is 24.5 Å². The number of ether oxygens (including phenoxy) is 2. The van der Waals surface area contributed by atoms with Crippen molar-refractivity contribution < 1.29 is 28.8 Å². The average Bonchev–Trinajstić information content (AvgIpc) is 3.14. The Morgan fingerprint density at radius 1 is 1.26 bits per heavy atom. The highest BCUT2D eigenvalue weighted by Gasteiger charge is 2.37. The van der Waals surface area contributed by atoms with Crippen molar-refractivity contribution in [3.63, 3.8) is 0 Å². The van der Waals surface area contributed by atoms with Gasteiger partial charge in [0.15, 0.2) is 6.61 Å². The average molecular weight is 492 g/mol. The fourth-order valence-corrected chi connectivity index (χ4v) is 3.35. The first-order valence-corrected chi connectivity index (χ1v) is 9.92. The maximum atomic E-state index is 12.4. The van der Waals surface area contributed by atoms with E-state index in [0.717, 1.165) is 4.47 Å². The van der Waals surface area contributed by atoms with Crippen LogP contribution < -0.4 is 15.0 Å². The Bertz CT molecular complexity index is 1030. The third-order valence-electron chi connectivity index (χ3n) is 4.60. The number of carbonyl (C=O) groups excluding carboxylic acids is 3. The smallest absolute Gasteiger partial charge is 0.311 e. The number of amides is 2. The summed E-state index contributed by atoms with van der Waals surface area (Å²) in [6.45, 7) is -0.472. The van der Waals surface area contributed by atoms with Gasteiger partial charge in [0.2, 0.25) is 5.91 Å². The summed E-state index contributed by atoms with van der Waals surface area (Å²) in [5.74, 6) is -2.16. The molecule has 0 radical (unpaired) electrons. The lowest BCUT2D eigenvalue weighted by Gasteiger charge is -2.19. The molecule has 1 atom stereocenters. The van der Waals surface area contributed by atoms with E-state index in [1.807, 2.05) is 0 Å². The molecule has 1 N–H and O–H groups in total. The summed E-state index contributed by atoms with van der Waals surface area (Å²) >= 11 is 3.29. The molecule has 1 aliphatic rings. The first-order chi connectivity index (χ1) is 14.8. The number of halogens is 1. The van der Waals surface area contributed by atoms with E-state index < -0.39 is 29.3 Å². The number of anilines is 2. The molecule has 0 saturated carbocycles. The first kappa shape index (κ1) is 22.2. The van der Waals surface area contributed by atoms with Crippen LogP contribution in [0.4, 0.5) is 17.1 Å². The van der Waals surface area contributed by atoms with Crippen molar-refractivity contribution >= 4 is 50.8 Å². The minimum Gasteiger partial charge on any atom is -0.494 e. The van der Waals surface area contributed by atoms with Gasteiger partial charge >= 0.3 is 5.97 Å². The van der Waals surface area contributed by atoms with E-state index in [4.69, 9.17) is 9.47 Å². The van der Waals surface area contributed by atoms with Crippen molar-refractivity contribution in [2.24, 2.45) is 5.92 Å². The Balaban J connectivity index is 1.59. The van der Waals surface area contributed by atoms with Crippen molar-refractivity contribution in [3.8, 4) is 5.75 Å². The molecule has 0 aromatic heterocycles. The van der Waals surface area contributed by atoms with Crippen molar-refractivity contribution in [1.82, 2.24) is 0 Å². The van der Waals surface area contributed by atoms with Crippen LogP contribution in [0.5, 0.6) is 5.75 Å². The van der Waals surface area contributed by atoms with Crippen molar-refractivity contribution in [3.05, 3.63) is 57.1 Å². The standard InChI is InChI=1S/C20H18BrN3O7/c1-30-17-9-15(24(28)29)6-7-16(17)23-10-12(8-19(23)26)20(27)31-11-18(25)22-14-4-2-13(21)3-5-14/h2-7,9,12H,8,10-11H2,1H3,(H,22,25)/t12-/m0/s1. The maximum absolute atomic E-state index is 12.4. The van der Waals surface area contributed by atoms with Crippen LogP contribution in [0.2, 0.25) is 0 Å². The second kappa shape index (κ2) is 9.56. The molecule has 1 fully saturated rings. The number of hydrogen-bond donors (Lipinski definition) is 1. The van der Waals surface area contributed by atoms with Crippen LogP contribution in [0.25, 0.3) is 0 Å². The lowest BCUT2D eigenvalue weighted by Crippen LogP contribution is -2.28. The number of nitrogens with one attached hydrogen (secondary N) is 1. The molecule has 0 spiro atoms. The summed E-state index contributed by atoms with van der Waals surface area (Å²) in [6, 6.07) is 10.8. The zero-order chi connectivity index (χ0) is 22.5. The molecule has 3 rings (SSSR count). The number of benzene rings is 2. The summed E-state index contributed by atoms with van der Waals surface area (Å²) < 4.78 is 11.1. The van der Waals surface area contributed by atoms with Crippen molar-refractivity contribution in [2.75, 3.05) is 30.5 Å². The monoisotopic (exact) mass is 491 g/mol. The molecule has 0 unspecified atom stereocenters. The summed E-state index contributed by atoms with van der Waals surface area (Å²) in [7, 11) is 1.33. The van der Waals surface area contributed by atoms with Gasteiger partial charge in [-0.3, -0.25) is 24.5 Å². The number of nitrogens with zero attached hydrogens (tertiary/aromatic N) is 2. The van der Waals surface area contributed by atoms with Crippen LogP contribution in [0.15, 0.2) is 46.9 Å². The maximum Gasteiger partial charge on any atom is 0.311 e. The van der Waals surface area contributed by atoms with Crippen LogP contribution in [0.1, 0.15) is 6.42 Å². The second-order valence-corrected chi connectivity index (χ2v) is 7.60. The number of methoxy groups -OCH3 is 1. The highest BCUT2D eigenvalue weighted by molar-refractivity contribution is 9.10. The fourth-order valence-electron chi connectivity index (χ4n) is 3.09. The van der Waals surface area contributed by atoms with E-state index in [0.29, 0.717) is 11.4 Å². The zero-order valence-corrected chi connectivity index (χ0v) is 18.0. The predicted molar refractivity (Wildman–Crippen MR) is 114 cm³/mol. The molecular weight excluding hydrogens is 474 g/mol. The van der Waals surface area contributed by atoms with Gasteiger partial charge in [-0.25, -0.2) is 0 Å². The number of nitro benzene ring substituents is 1. The third kappa shape index (κ3) is 5.37. The molecule has 2 aromatic carbocycles. The topological polar surface area (TPSA) is 128 Å². The minimum absolute atomic E-state index is 0.0141. The van der Waals surface area contributed by atoms with Gasteiger partial charge in [-0.2, -0.15) is 0 Å². The first-order valence-electron chi connectivity index (χ1n) is 9.13. The Kier molecular flexibility index (Phi) is 6.85. The Hall–Kier alpha value is -3.47. The molecule has 162 valence electrons. The molecule has 10 nitrogen and oxygen atoms in total. The molecule has 2 aromatic rings. The molecule has 0 bridgehead atoms. The van der Waals surface area contributed by atoms with Gasteiger partial charge in [-0.15, -0.1) is 0 Å². The number of rotatable bonds is 7. The van der Waals surface area contributed by atoms with E-state index >= 15 is 0 Å². The summed E-state index contributed by atoms with van der Waals surface area (Å²) in [6.07, 6.45) is -0.104. The number of nitro groups is 1. The minimum atomic E-state index is -0.770. The highest BCUT2D eigenvalue weighted by atomic mass is 79.9. The normalized spacial score (nSPS) is 15.5. The van der Waals surface area contributed by atoms with Crippen LogP contribution >= 0.6 is 15.9 Å². The number of esters is 1. The van der Waals surface area contributed by atoms with Gasteiger partial charge in [0.1, 0.15) is 5.75 Å². The van der Waals surface area contributed by atoms with Gasteiger partial charge in [-0.1, -0.05) is 15.9 Å². The van der Waals surface area contributed by atoms with Crippen LogP contribution in [-0.4, -0.2) is 43.0 Å². The lowest BCUT2D eigenvalue weighted by molar-refractivity contribution is -0.384. The lowest BCUT2D eigenvalue weighted by atomic mass is 10.1. The highest BCUT2D eigenvalue weighted by Crippen LogP contribution is 2.36. The predicted octanol–water partition coefficient (Wildman–Crippen LogP) is 2.90. The third-order valence-corrected chi connectivity index (χ3v) is 5.13. The van der Waals surface area contributed by atoms with Crippen molar-refractivity contribution in [1.29, 1.82) is 0 Å². The Labute approximate surface area is 185 Å². The summed E-state index contributed by atoms with van der Waals surface area (Å²) in [4.78, 5) is 48.5. The second-order valence-electron chi connectivity index (χ2n) is 6.68. The van der Waals surface area contributed by atoms with Gasteiger partial charge in [0.25, 0.3) is 11.6 Å². The van der Waals surface area contributed by atoms with E-state index in [-0.39, 0.29) is 30.3 Å². The van der Waals surface area contributed by atoms with Crippen LogP contribution in [0, 0.1) is 16.0 Å². The van der Waals surface area contributed by atoms with Gasteiger partial charge in [-0.05, 0) is 30.3 Å². The van der Waals surface area contributed by atoms with E-state index in [2.05, 4.69) is 21.2 Å². The van der Waals surface area contributed by atoms with E-state index in [1.165, 1.54) is 30.2 Å². The molecule has 1 heterocycles. The molecule has 11 heteroatoms. The molecule has 1 saturated heterocycles. The molecule has 2 amide bonds. The van der Waals surface area contributed by atoms with Crippen molar-refractivity contribution in [2.45, 2.75) is 6.42 Å². The molecule has 0 aliphatic carbocycles. The fraction of sp³-hybridized carbons (Fsp3) is 0.250. The van der Waals surface area contributed by atoms with Gasteiger partial charge in [0, 0.05) is 29.2 Å². The van der Waals surface area contributed by atoms with Crippen LogP contribution in [-0.2, 0) is 19.1 Å². The molecule has 1 aliphatic heterocycles. The molecular formula is C20H18BrN3O7. The SMILES string of the molecule is COc1cc([N+](=O)[O-])ccc1N1C[C@@H](C(=O)OCC(=O)Nc2ccc(Br)cc2)CC1=O. The van der Waals surface area contributed by atoms with Crippen LogP contribution in [0.3, 0.4) is 0 Å². The Morgan fingerprint density at radius 3 is 2.61 bits per heavy atom. The number of non-ortho nitro benzene ring substituents is 1. The summed E-state index contributed by atoms with van der Waals surface area (Å²) in [5, 5.41) is 13.5. The zero-order valence-electron chi connectivity index (χ0n) is 16.4. The van der Waals surface area contributed by atoms with Gasteiger partial charge < -0.3 is 19.7 Å². The molecule has 31 heavy (non-hydrogen) atoms. The van der Waals surface area contributed by atoms with Gasteiger partial charge in [0.05, 0.1) is 29.7 Å². The quantitative estimate of drug-likeness (QED) is 0.358. The van der Waals surface area contributed by atoms with E-state index in [1.54, 1.807) is 24.3 Å².